The van der Waals surface area contributed by atoms with Crippen LogP contribution in [0.2, 0.25) is 0 Å². The lowest BCUT2D eigenvalue weighted by Crippen LogP contribution is -2.53. The summed E-state index contributed by atoms with van der Waals surface area (Å²) in [6.07, 6.45) is 6.14. The molecule has 0 radical (unpaired) electrons. The number of fused-ring (bicyclic) bond motifs is 1. The number of aromatic nitrogens is 3. The fourth-order valence-electron chi connectivity index (χ4n) is 3.16. The highest BCUT2D eigenvalue weighted by Crippen LogP contribution is 2.31. The summed E-state index contributed by atoms with van der Waals surface area (Å²) in [5, 5.41) is 7.95. The monoisotopic (exact) mass is 240 g/mol. The van der Waals surface area contributed by atoms with Crippen LogP contribution in [0, 0.1) is 0 Å². The van der Waals surface area contributed by atoms with Crippen LogP contribution < -0.4 is 0 Å². The zero-order chi connectivity index (χ0) is 11.9. The predicted molar refractivity (Wildman–Crippen MR) is 68.3 cm³/mol. The second kappa shape index (κ2) is 3.92. The predicted octanol–water partition coefficient (Wildman–Crippen LogP) is 1.30. The van der Waals surface area contributed by atoms with Crippen molar-refractivity contribution in [1.82, 2.24) is 19.9 Å². The minimum Gasteiger partial charge on any atom is -0.295 e. The molecular weight excluding hydrogens is 224 g/mol. The third kappa shape index (κ3) is 1.56. The van der Waals surface area contributed by atoms with Gasteiger partial charge < -0.3 is 0 Å². The molecule has 2 aromatic rings. The molecule has 0 N–H and O–H groups in total. The standard InChI is InChI=1S/C14H16N4/c1-2-4-12-8-13(7-11(12)3-1)17-9-14(10-17)18-6-5-15-16-18/h1-6,13-14H,7-10H2. The van der Waals surface area contributed by atoms with Gasteiger partial charge in [-0.2, -0.15) is 0 Å². The van der Waals surface area contributed by atoms with Gasteiger partial charge in [0.25, 0.3) is 0 Å². The number of hydrogen-bond donors (Lipinski definition) is 0. The Labute approximate surface area is 106 Å². The Morgan fingerprint density at radius 2 is 1.72 bits per heavy atom. The van der Waals surface area contributed by atoms with Crippen LogP contribution in [0.15, 0.2) is 36.7 Å². The number of nitrogens with zero attached hydrogens (tertiary/aromatic N) is 4. The Hall–Kier alpha value is -1.68. The summed E-state index contributed by atoms with van der Waals surface area (Å²) in [4.78, 5) is 2.58. The number of benzene rings is 1. The summed E-state index contributed by atoms with van der Waals surface area (Å²) in [6, 6.07) is 10.1. The van der Waals surface area contributed by atoms with Crippen LogP contribution in [0.25, 0.3) is 0 Å². The first-order chi connectivity index (χ1) is 8.90. The first-order valence-corrected chi connectivity index (χ1v) is 6.57. The van der Waals surface area contributed by atoms with Crippen LogP contribution >= 0.6 is 0 Å². The molecule has 1 fully saturated rings. The topological polar surface area (TPSA) is 34.0 Å². The second-order valence-corrected chi connectivity index (χ2v) is 5.32. The quantitative estimate of drug-likeness (QED) is 0.793. The average Bonchev–Trinajstić information content (AvgIpc) is 2.94. The molecule has 0 unspecified atom stereocenters. The Balaban J connectivity index is 1.41. The summed E-state index contributed by atoms with van der Waals surface area (Å²) in [5.74, 6) is 0. The van der Waals surface area contributed by atoms with Gasteiger partial charge in [0.1, 0.15) is 0 Å². The van der Waals surface area contributed by atoms with Gasteiger partial charge in [-0.1, -0.05) is 29.5 Å². The molecule has 0 bridgehead atoms. The number of rotatable bonds is 2. The molecule has 18 heavy (non-hydrogen) atoms. The van der Waals surface area contributed by atoms with Gasteiger partial charge in [-0.25, -0.2) is 4.68 Å². The first-order valence-electron chi connectivity index (χ1n) is 6.57. The molecule has 1 aliphatic heterocycles. The Kier molecular flexibility index (Phi) is 2.23. The fourth-order valence-corrected chi connectivity index (χ4v) is 3.16. The average molecular weight is 240 g/mol. The molecule has 1 aromatic carbocycles. The largest absolute Gasteiger partial charge is 0.295 e. The lowest BCUT2D eigenvalue weighted by molar-refractivity contribution is 0.0557. The molecule has 2 aliphatic rings. The third-order valence-corrected chi connectivity index (χ3v) is 4.25. The first kappa shape index (κ1) is 10.3. The van der Waals surface area contributed by atoms with E-state index in [1.807, 2.05) is 10.9 Å². The summed E-state index contributed by atoms with van der Waals surface area (Å²) in [5.41, 5.74) is 3.07. The van der Waals surface area contributed by atoms with Gasteiger partial charge >= 0.3 is 0 Å². The van der Waals surface area contributed by atoms with Gasteiger partial charge in [-0.3, -0.25) is 4.90 Å². The van der Waals surface area contributed by atoms with E-state index in [0.717, 1.165) is 13.1 Å². The zero-order valence-electron chi connectivity index (χ0n) is 10.2. The van der Waals surface area contributed by atoms with Crippen LogP contribution in [-0.2, 0) is 12.8 Å². The Bertz CT molecular complexity index is 518. The lowest BCUT2D eigenvalue weighted by atomic mass is 10.0. The molecule has 0 atom stereocenters. The Morgan fingerprint density at radius 3 is 2.33 bits per heavy atom. The summed E-state index contributed by atoms with van der Waals surface area (Å²) < 4.78 is 1.98. The summed E-state index contributed by atoms with van der Waals surface area (Å²) >= 11 is 0. The minimum absolute atomic E-state index is 0.524. The maximum Gasteiger partial charge on any atom is 0.0790 e. The van der Waals surface area contributed by atoms with Crippen LogP contribution in [0.3, 0.4) is 0 Å². The number of hydrogen-bond acceptors (Lipinski definition) is 3. The minimum atomic E-state index is 0.524. The highest BCUT2D eigenvalue weighted by atomic mass is 15.5. The van der Waals surface area contributed by atoms with Crippen molar-refractivity contribution in [3.05, 3.63) is 47.8 Å². The molecule has 0 spiro atoms. The van der Waals surface area contributed by atoms with Crippen LogP contribution in [0.1, 0.15) is 17.2 Å². The Morgan fingerprint density at radius 1 is 1.00 bits per heavy atom. The maximum atomic E-state index is 4.08. The highest BCUT2D eigenvalue weighted by Gasteiger charge is 2.36. The molecule has 4 nitrogen and oxygen atoms in total. The van der Waals surface area contributed by atoms with Gasteiger partial charge in [-0.15, -0.1) is 5.10 Å². The number of likely N-dealkylation sites (tertiary alicyclic amines) is 1. The SMILES string of the molecule is c1ccc2c(c1)CC(N1CC(n3ccnn3)C1)C2. The van der Waals surface area contributed by atoms with E-state index in [9.17, 15) is 0 Å². The van der Waals surface area contributed by atoms with Crippen molar-refractivity contribution in [3.8, 4) is 0 Å². The molecule has 1 aliphatic carbocycles. The molecular formula is C14H16N4. The van der Waals surface area contributed by atoms with E-state index in [0.29, 0.717) is 12.1 Å². The molecule has 0 saturated carbocycles. The van der Waals surface area contributed by atoms with E-state index < -0.39 is 0 Å². The van der Waals surface area contributed by atoms with Gasteiger partial charge in [-0.05, 0) is 24.0 Å². The van der Waals surface area contributed by atoms with Crippen molar-refractivity contribution in [1.29, 1.82) is 0 Å². The molecule has 1 aromatic heterocycles. The maximum absolute atomic E-state index is 4.08. The van der Waals surface area contributed by atoms with E-state index >= 15 is 0 Å². The normalized spacial score (nSPS) is 20.9. The van der Waals surface area contributed by atoms with Crippen molar-refractivity contribution < 1.29 is 0 Å². The van der Waals surface area contributed by atoms with Gasteiger partial charge in [0, 0.05) is 25.3 Å². The van der Waals surface area contributed by atoms with Crippen LogP contribution in [-0.4, -0.2) is 39.0 Å². The third-order valence-electron chi connectivity index (χ3n) is 4.25. The van der Waals surface area contributed by atoms with Crippen molar-refractivity contribution in [2.75, 3.05) is 13.1 Å². The van der Waals surface area contributed by atoms with Crippen LogP contribution in [0.5, 0.6) is 0 Å². The van der Waals surface area contributed by atoms with Crippen LogP contribution in [0.4, 0.5) is 0 Å². The lowest BCUT2D eigenvalue weighted by Gasteiger charge is -2.42. The smallest absolute Gasteiger partial charge is 0.0790 e. The molecule has 92 valence electrons. The van der Waals surface area contributed by atoms with Crippen molar-refractivity contribution >= 4 is 0 Å². The zero-order valence-corrected chi connectivity index (χ0v) is 10.2. The van der Waals surface area contributed by atoms with E-state index in [4.69, 9.17) is 0 Å². The van der Waals surface area contributed by atoms with E-state index in [2.05, 4.69) is 39.5 Å². The van der Waals surface area contributed by atoms with E-state index in [-0.39, 0.29) is 0 Å². The molecule has 0 amide bonds. The van der Waals surface area contributed by atoms with Crippen molar-refractivity contribution in [2.45, 2.75) is 24.9 Å². The van der Waals surface area contributed by atoms with E-state index in [1.54, 1.807) is 6.20 Å². The van der Waals surface area contributed by atoms with Gasteiger partial charge in [0.2, 0.25) is 0 Å². The molecule has 4 heteroatoms. The van der Waals surface area contributed by atoms with E-state index in [1.165, 1.54) is 24.0 Å². The summed E-state index contributed by atoms with van der Waals surface area (Å²) in [7, 11) is 0. The summed E-state index contributed by atoms with van der Waals surface area (Å²) in [6.45, 7) is 2.23. The van der Waals surface area contributed by atoms with Gasteiger partial charge in [0.05, 0.1) is 12.2 Å². The molecule has 1 saturated heterocycles. The van der Waals surface area contributed by atoms with Gasteiger partial charge in [0.15, 0.2) is 0 Å². The second-order valence-electron chi connectivity index (χ2n) is 5.32. The highest BCUT2D eigenvalue weighted by molar-refractivity contribution is 5.33. The fraction of sp³-hybridized carbons (Fsp3) is 0.429. The molecule has 2 heterocycles. The molecule has 4 rings (SSSR count). The van der Waals surface area contributed by atoms with Crippen molar-refractivity contribution in [3.63, 3.8) is 0 Å². The van der Waals surface area contributed by atoms with Crippen molar-refractivity contribution in [2.24, 2.45) is 0 Å².